The van der Waals surface area contributed by atoms with Crippen molar-refractivity contribution in [3.8, 4) is 23.0 Å². The van der Waals surface area contributed by atoms with E-state index in [2.05, 4.69) is 70.3 Å². The molecule has 0 bridgehead atoms. The van der Waals surface area contributed by atoms with E-state index in [1.807, 2.05) is 12.1 Å². The van der Waals surface area contributed by atoms with Gasteiger partial charge in [0.25, 0.3) is 6.29 Å². The average molecular weight is 489 g/mol. The van der Waals surface area contributed by atoms with Gasteiger partial charge in [-0.25, -0.2) is 0 Å². The lowest BCUT2D eigenvalue weighted by Crippen LogP contribution is -2.36. The van der Waals surface area contributed by atoms with Crippen molar-refractivity contribution in [3.63, 3.8) is 0 Å². The van der Waals surface area contributed by atoms with Crippen molar-refractivity contribution in [2.75, 3.05) is 6.26 Å². The number of ether oxygens (including phenoxy) is 4. The number of hydrogen-bond acceptors (Lipinski definition) is 5. The van der Waals surface area contributed by atoms with Crippen LogP contribution in [0, 0.1) is 0 Å². The molecule has 3 aliphatic rings. The van der Waals surface area contributed by atoms with Crippen molar-refractivity contribution in [1.82, 2.24) is 0 Å². The summed E-state index contributed by atoms with van der Waals surface area (Å²) in [6.07, 6.45) is 3.13. The Hall–Kier alpha value is -2.79. The van der Waals surface area contributed by atoms with Crippen molar-refractivity contribution in [2.24, 2.45) is 0 Å². The number of hydrogen-bond donors (Lipinski definition) is 0. The largest absolute Gasteiger partial charge is 0.485 e. The fourth-order valence-electron chi connectivity index (χ4n) is 5.46. The molecule has 0 amide bonds. The van der Waals surface area contributed by atoms with Gasteiger partial charge in [-0.15, -0.1) is 11.8 Å². The molecular weight excluding hydrogens is 456 g/mol. The first-order valence-electron chi connectivity index (χ1n) is 12.5. The molecule has 0 spiro atoms. The van der Waals surface area contributed by atoms with E-state index < -0.39 is 6.29 Å². The quantitative estimate of drug-likeness (QED) is 0.349. The molecule has 3 unspecified atom stereocenters. The zero-order chi connectivity index (χ0) is 24.3. The summed E-state index contributed by atoms with van der Waals surface area (Å²) < 4.78 is 25.3. The molecule has 4 nitrogen and oxygen atoms in total. The summed E-state index contributed by atoms with van der Waals surface area (Å²) >= 11 is 1.70. The first kappa shape index (κ1) is 22.7. The van der Waals surface area contributed by atoms with E-state index in [9.17, 15) is 0 Å². The molecular formula is C30H32O4S. The zero-order valence-electron chi connectivity index (χ0n) is 21.0. The van der Waals surface area contributed by atoms with Gasteiger partial charge < -0.3 is 18.9 Å². The zero-order valence-corrected chi connectivity index (χ0v) is 21.8. The second kappa shape index (κ2) is 8.70. The number of rotatable bonds is 5. The first-order chi connectivity index (χ1) is 16.9. The van der Waals surface area contributed by atoms with Gasteiger partial charge in [-0.2, -0.15) is 0 Å². The average Bonchev–Trinajstić information content (AvgIpc) is 3.57. The summed E-state index contributed by atoms with van der Waals surface area (Å²) in [5.74, 6) is 4.41. The maximum Gasteiger partial charge on any atom is 0.278 e. The Balaban J connectivity index is 1.26. The van der Waals surface area contributed by atoms with E-state index >= 15 is 0 Å². The second-order valence-electron chi connectivity index (χ2n) is 10.3. The minimum Gasteiger partial charge on any atom is -0.485 e. The summed E-state index contributed by atoms with van der Waals surface area (Å²) in [5, 5.41) is 0. The monoisotopic (exact) mass is 488 g/mol. The molecule has 35 heavy (non-hydrogen) atoms. The summed E-state index contributed by atoms with van der Waals surface area (Å²) in [5.41, 5.74) is 6.40. The number of thioether (sulfide) groups is 1. The van der Waals surface area contributed by atoms with Gasteiger partial charge in [0.05, 0.1) is 0 Å². The van der Waals surface area contributed by atoms with E-state index in [0.29, 0.717) is 11.8 Å². The summed E-state index contributed by atoms with van der Waals surface area (Å²) in [6.45, 7) is 8.94. The molecule has 5 heteroatoms. The normalized spacial score (nSPS) is 21.7. The molecule has 0 saturated heterocycles. The van der Waals surface area contributed by atoms with Crippen LogP contribution < -0.4 is 18.9 Å². The Morgan fingerprint density at radius 1 is 0.771 bits per heavy atom. The van der Waals surface area contributed by atoms with Crippen LogP contribution in [0.15, 0.2) is 53.4 Å². The van der Waals surface area contributed by atoms with E-state index in [1.54, 1.807) is 11.8 Å². The highest BCUT2D eigenvalue weighted by atomic mass is 32.2. The molecule has 0 radical (unpaired) electrons. The summed E-state index contributed by atoms with van der Waals surface area (Å²) in [4.78, 5) is 1.16. The molecule has 3 aromatic carbocycles. The highest BCUT2D eigenvalue weighted by molar-refractivity contribution is 7.98. The van der Waals surface area contributed by atoms with Crippen LogP contribution in [-0.4, -0.2) is 18.6 Å². The van der Waals surface area contributed by atoms with Crippen molar-refractivity contribution < 1.29 is 18.9 Å². The van der Waals surface area contributed by atoms with Crippen LogP contribution in [0.5, 0.6) is 23.0 Å². The molecule has 3 aromatic rings. The van der Waals surface area contributed by atoms with Crippen LogP contribution >= 0.6 is 11.8 Å². The standard InChI is InChI=1S/C30H32O4S/c1-16(2)21-7-6-8-24-23(21)15-26(31-24)18-11-19-13-28(32-29(19)22(12-18)17(3)4)30-33-25-10-9-20(35-5)14-27(25)34-30/h6-12,14,16-17,26,28,30H,13,15H2,1-5H3. The van der Waals surface area contributed by atoms with Gasteiger partial charge in [-0.3, -0.25) is 0 Å². The predicted molar refractivity (Wildman–Crippen MR) is 140 cm³/mol. The molecule has 0 saturated carbocycles. The van der Waals surface area contributed by atoms with Crippen molar-refractivity contribution >= 4 is 11.8 Å². The third kappa shape index (κ3) is 3.94. The van der Waals surface area contributed by atoms with Gasteiger partial charge in [-0.1, -0.05) is 39.8 Å². The lowest BCUT2D eigenvalue weighted by atomic mass is 9.90. The third-order valence-corrected chi connectivity index (χ3v) is 8.02. The van der Waals surface area contributed by atoms with Crippen LogP contribution in [0.3, 0.4) is 0 Å². The highest BCUT2D eigenvalue weighted by Gasteiger charge is 2.40. The molecule has 182 valence electrons. The van der Waals surface area contributed by atoms with Crippen molar-refractivity contribution in [3.05, 3.63) is 76.3 Å². The maximum atomic E-state index is 6.51. The summed E-state index contributed by atoms with van der Waals surface area (Å²) in [6, 6.07) is 17.1. The molecule has 0 fully saturated rings. The Morgan fingerprint density at radius 2 is 1.57 bits per heavy atom. The molecule has 6 rings (SSSR count). The van der Waals surface area contributed by atoms with Gasteiger partial charge in [0.2, 0.25) is 0 Å². The van der Waals surface area contributed by atoms with Crippen LogP contribution in [0.2, 0.25) is 0 Å². The lowest BCUT2D eigenvalue weighted by molar-refractivity contribution is -0.0372. The minimum atomic E-state index is -0.446. The summed E-state index contributed by atoms with van der Waals surface area (Å²) in [7, 11) is 0. The SMILES string of the molecule is CSc1ccc2c(c1)OC(C1Cc3cc(C4Cc5c(cccc5C(C)C)O4)cc(C(C)C)c3O1)O2. The number of fused-ring (bicyclic) bond motifs is 3. The van der Waals surface area contributed by atoms with Crippen LogP contribution in [0.1, 0.15) is 73.5 Å². The third-order valence-electron chi connectivity index (χ3n) is 7.29. The number of benzene rings is 3. The van der Waals surface area contributed by atoms with Gasteiger partial charge in [0, 0.05) is 23.3 Å². The van der Waals surface area contributed by atoms with E-state index in [4.69, 9.17) is 18.9 Å². The van der Waals surface area contributed by atoms with E-state index in [-0.39, 0.29) is 12.2 Å². The van der Waals surface area contributed by atoms with Crippen LogP contribution in [-0.2, 0) is 12.8 Å². The molecule has 3 atom stereocenters. The Kier molecular flexibility index (Phi) is 5.63. The van der Waals surface area contributed by atoms with Gasteiger partial charge in [0.15, 0.2) is 17.6 Å². The fourth-order valence-corrected chi connectivity index (χ4v) is 5.89. The lowest BCUT2D eigenvalue weighted by Gasteiger charge is -2.19. The first-order valence-corrected chi connectivity index (χ1v) is 13.8. The highest BCUT2D eigenvalue weighted by Crippen LogP contribution is 2.46. The Labute approximate surface area is 211 Å². The van der Waals surface area contributed by atoms with Gasteiger partial charge in [-0.05, 0) is 76.7 Å². The molecule has 3 aliphatic heterocycles. The van der Waals surface area contributed by atoms with Gasteiger partial charge >= 0.3 is 0 Å². The predicted octanol–water partition coefficient (Wildman–Crippen LogP) is 7.43. The second-order valence-corrected chi connectivity index (χ2v) is 11.2. The topological polar surface area (TPSA) is 36.9 Å². The molecule has 0 N–H and O–H groups in total. The molecule has 0 aliphatic carbocycles. The molecule has 3 heterocycles. The van der Waals surface area contributed by atoms with E-state index in [0.717, 1.165) is 40.7 Å². The Bertz CT molecular complexity index is 1280. The van der Waals surface area contributed by atoms with Crippen LogP contribution in [0.4, 0.5) is 0 Å². The van der Waals surface area contributed by atoms with Crippen molar-refractivity contribution in [1.29, 1.82) is 0 Å². The Morgan fingerprint density at radius 3 is 2.34 bits per heavy atom. The maximum absolute atomic E-state index is 6.51. The smallest absolute Gasteiger partial charge is 0.278 e. The fraction of sp³-hybridized carbons (Fsp3) is 0.400. The minimum absolute atomic E-state index is 0.0277. The van der Waals surface area contributed by atoms with Gasteiger partial charge in [0.1, 0.15) is 17.6 Å². The van der Waals surface area contributed by atoms with E-state index in [1.165, 1.54) is 27.8 Å². The molecule has 0 aromatic heterocycles. The van der Waals surface area contributed by atoms with Crippen molar-refractivity contribution in [2.45, 2.75) is 75.8 Å². The van der Waals surface area contributed by atoms with Crippen LogP contribution in [0.25, 0.3) is 0 Å².